The Morgan fingerprint density at radius 3 is 3.40 bits per heavy atom. The van der Waals surface area contributed by atoms with Crippen LogP contribution in [-0.2, 0) is 0 Å². The van der Waals surface area contributed by atoms with Crippen molar-refractivity contribution >= 4 is 0 Å². The fraction of sp³-hybridized carbons (Fsp3) is 0.143. The number of hydrogen-bond acceptors (Lipinski definition) is 3. The van der Waals surface area contributed by atoms with Crippen LogP contribution in [0.5, 0.6) is 11.6 Å². The molecule has 1 radical (unpaired) electrons. The summed E-state index contributed by atoms with van der Waals surface area (Å²) in [4.78, 5) is 3.95. The standard InChI is InChI=1S/C7H6NO2/c1-2-6-7(8-3-1)10-5-4-9-6/h1-4H,5H2. The van der Waals surface area contributed by atoms with E-state index in [0.29, 0.717) is 18.2 Å². The summed E-state index contributed by atoms with van der Waals surface area (Å²) in [5.41, 5.74) is 0. The second-order valence-corrected chi connectivity index (χ2v) is 1.90. The Labute approximate surface area is 58.6 Å². The smallest absolute Gasteiger partial charge is 0.257 e. The van der Waals surface area contributed by atoms with Crippen molar-refractivity contribution in [2.24, 2.45) is 0 Å². The SMILES string of the molecule is [CH]1COc2ncccc2O1. The van der Waals surface area contributed by atoms with Gasteiger partial charge >= 0.3 is 0 Å². The van der Waals surface area contributed by atoms with Gasteiger partial charge in [-0.2, -0.15) is 0 Å². The molecular weight excluding hydrogens is 130 g/mol. The van der Waals surface area contributed by atoms with Crippen molar-refractivity contribution in [1.29, 1.82) is 0 Å². The molecule has 0 saturated heterocycles. The molecule has 0 bridgehead atoms. The average Bonchev–Trinajstić information content (AvgIpc) is 2.05. The van der Waals surface area contributed by atoms with E-state index in [4.69, 9.17) is 9.47 Å². The van der Waals surface area contributed by atoms with Crippen LogP contribution in [0.2, 0.25) is 0 Å². The molecule has 2 heterocycles. The van der Waals surface area contributed by atoms with Crippen LogP contribution >= 0.6 is 0 Å². The lowest BCUT2D eigenvalue weighted by molar-refractivity contribution is 0.215. The second kappa shape index (κ2) is 2.17. The maximum absolute atomic E-state index is 5.13. The maximum Gasteiger partial charge on any atom is 0.257 e. The van der Waals surface area contributed by atoms with Crippen LogP contribution in [0, 0.1) is 6.61 Å². The second-order valence-electron chi connectivity index (χ2n) is 1.90. The lowest BCUT2D eigenvalue weighted by Gasteiger charge is -2.14. The summed E-state index contributed by atoms with van der Waals surface area (Å²) in [5.74, 6) is 1.26. The first kappa shape index (κ1) is 5.53. The number of hydrogen-bond donors (Lipinski definition) is 0. The highest BCUT2D eigenvalue weighted by molar-refractivity contribution is 5.34. The van der Waals surface area contributed by atoms with Crippen LogP contribution in [0.15, 0.2) is 18.3 Å². The van der Waals surface area contributed by atoms with Gasteiger partial charge in [-0.3, -0.25) is 0 Å². The number of pyridine rings is 1. The third kappa shape index (κ3) is 0.795. The van der Waals surface area contributed by atoms with Gasteiger partial charge in [-0.1, -0.05) is 0 Å². The molecule has 1 aliphatic heterocycles. The van der Waals surface area contributed by atoms with Crippen molar-refractivity contribution in [3.05, 3.63) is 24.9 Å². The lowest BCUT2D eigenvalue weighted by Crippen LogP contribution is -2.10. The number of fused-ring (bicyclic) bond motifs is 1. The van der Waals surface area contributed by atoms with Crippen molar-refractivity contribution in [2.45, 2.75) is 0 Å². The van der Waals surface area contributed by atoms with Gasteiger partial charge < -0.3 is 9.47 Å². The van der Waals surface area contributed by atoms with Crippen LogP contribution in [0.3, 0.4) is 0 Å². The molecule has 0 aromatic carbocycles. The first-order valence-electron chi connectivity index (χ1n) is 3.03. The summed E-state index contributed by atoms with van der Waals surface area (Å²) in [6.45, 7) is 2.08. The van der Waals surface area contributed by atoms with Crippen molar-refractivity contribution in [2.75, 3.05) is 6.61 Å². The van der Waals surface area contributed by atoms with Gasteiger partial charge in [0, 0.05) is 6.20 Å². The molecule has 0 fully saturated rings. The maximum atomic E-state index is 5.13. The van der Waals surface area contributed by atoms with E-state index in [1.165, 1.54) is 0 Å². The minimum atomic E-state index is 0.476. The first-order chi connectivity index (χ1) is 4.97. The summed E-state index contributed by atoms with van der Waals surface area (Å²) >= 11 is 0. The largest absolute Gasteiger partial charge is 0.477 e. The molecule has 0 spiro atoms. The van der Waals surface area contributed by atoms with E-state index in [2.05, 4.69) is 4.98 Å². The van der Waals surface area contributed by atoms with E-state index >= 15 is 0 Å². The Morgan fingerprint density at radius 1 is 1.50 bits per heavy atom. The zero-order valence-corrected chi connectivity index (χ0v) is 5.28. The number of ether oxygens (including phenoxy) is 2. The molecule has 0 unspecified atom stereocenters. The van der Waals surface area contributed by atoms with Gasteiger partial charge in [0.1, 0.15) is 6.61 Å². The van der Waals surface area contributed by atoms with Crippen LogP contribution in [0.1, 0.15) is 0 Å². The van der Waals surface area contributed by atoms with Crippen LogP contribution in [-0.4, -0.2) is 11.6 Å². The molecule has 51 valence electrons. The Kier molecular flexibility index (Phi) is 1.20. The van der Waals surface area contributed by atoms with E-state index in [0.717, 1.165) is 0 Å². The van der Waals surface area contributed by atoms with Gasteiger partial charge in [0.15, 0.2) is 12.4 Å². The molecule has 0 N–H and O–H groups in total. The molecule has 0 aliphatic carbocycles. The summed E-state index contributed by atoms with van der Waals surface area (Å²) < 4.78 is 10.2. The monoisotopic (exact) mass is 136 g/mol. The van der Waals surface area contributed by atoms with Gasteiger partial charge in [-0.25, -0.2) is 4.98 Å². The van der Waals surface area contributed by atoms with Crippen molar-refractivity contribution in [3.8, 4) is 11.6 Å². The van der Waals surface area contributed by atoms with E-state index in [1.54, 1.807) is 18.9 Å². The molecular formula is C7H6NO2. The molecule has 0 saturated carbocycles. The van der Waals surface area contributed by atoms with E-state index in [1.807, 2.05) is 6.07 Å². The highest BCUT2D eigenvalue weighted by Crippen LogP contribution is 2.26. The summed E-state index contributed by atoms with van der Waals surface area (Å²) in [6, 6.07) is 3.62. The predicted octanol–water partition coefficient (Wildman–Crippen LogP) is 1.01. The van der Waals surface area contributed by atoms with Crippen molar-refractivity contribution in [3.63, 3.8) is 0 Å². The van der Waals surface area contributed by atoms with Crippen LogP contribution < -0.4 is 9.47 Å². The third-order valence-electron chi connectivity index (χ3n) is 1.23. The molecule has 1 aromatic heterocycles. The zero-order valence-electron chi connectivity index (χ0n) is 5.28. The van der Waals surface area contributed by atoms with Gasteiger partial charge in [0.05, 0.1) is 0 Å². The lowest BCUT2D eigenvalue weighted by atomic mass is 10.4. The quantitative estimate of drug-likeness (QED) is 0.533. The molecule has 3 heteroatoms. The van der Waals surface area contributed by atoms with Gasteiger partial charge in [-0.15, -0.1) is 0 Å². The summed E-state index contributed by atoms with van der Waals surface area (Å²) in [5, 5.41) is 0. The third-order valence-corrected chi connectivity index (χ3v) is 1.23. The summed E-state index contributed by atoms with van der Waals surface area (Å²) in [7, 11) is 0. The highest BCUT2D eigenvalue weighted by Gasteiger charge is 2.10. The predicted molar refractivity (Wildman–Crippen MR) is 34.7 cm³/mol. The van der Waals surface area contributed by atoms with Gasteiger partial charge in [0.25, 0.3) is 5.88 Å². The number of aromatic nitrogens is 1. The number of nitrogens with zero attached hydrogens (tertiary/aromatic N) is 1. The minimum absolute atomic E-state index is 0.476. The fourth-order valence-corrected chi connectivity index (χ4v) is 0.811. The Morgan fingerprint density at radius 2 is 2.50 bits per heavy atom. The normalized spacial score (nSPS) is 14.8. The van der Waals surface area contributed by atoms with Crippen molar-refractivity contribution < 1.29 is 9.47 Å². The summed E-state index contributed by atoms with van der Waals surface area (Å²) in [6.07, 6.45) is 1.67. The topological polar surface area (TPSA) is 31.4 Å². The Bertz CT molecular complexity index is 212. The molecule has 3 nitrogen and oxygen atoms in total. The first-order valence-corrected chi connectivity index (χ1v) is 3.03. The van der Waals surface area contributed by atoms with Crippen LogP contribution in [0.25, 0.3) is 0 Å². The molecule has 1 aromatic rings. The minimum Gasteiger partial charge on any atom is -0.477 e. The van der Waals surface area contributed by atoms with E-state index in [-0.39, 0.29) is 0 Å². The molecule has 0 amide bonds. The number of rotatable bonds is 0. The van der Waals surface area contributed by atoms with Crippen LogP contribution in [0.4, 0.5) is 0 Å². The van der Waals surface area contributed by atoms with E-state index in [9.17, 15) is 0 Å². The highest BCUT2D eigenvalue weighted by atomic mass is 16.6. The van der Waals surface area contributed by atoms with Gasteiger partial charge in [0.2, 0.25) is 0 Å². The Hall–Kier alpha value is -1.25. The van der Waals surface area contributed by atoms with Gasteiger partial charge in [-0.05, 0) is 12.1 Å². The fourth-order valence-electron chi connectivity index (χ4n) is 0.811. The van der Waals surface area contributed by atoms with E-state index < -0.39 is 0 Å². The molecule has 0 atom stereocenters. The molecule has 10 heavy (non-hydrogen) atoms. The molecule has 2 rings (SSSR count). The Balaban J connectivity index is 2.41. The molecule has 1 aliphatic rings. The average molecular weight is 136 g/mol. The zero-order chi connectivity index (χ0) is 6.81. The van der Waals surface area contributed by atoms with Crippen molar-refractivity contribution in [1.82, 2.24) is 4.98 Å².